The lowest BCUT2D eigenvalue weighted by Gasteiger charge is -2.07. The van der Waals surface area contributed by atoms with Crippen LogP contribution in [0.4, 0.5) is 8.78 Å². The van der Waals surface area contributed by atoms with Crippen LogP contribution in [0.3, 0.4) is 0 Å². The summed E-state index contributed by atoms with van der Waals surface area (Å²) in [5.74, 6) is -1.37. The van der Waals surface area contributed by atoms with Gasteiger partial charge in [-0.1, -0.05) is 35.9 Å². The van der Waals surface area contributed by atoms with E-state index in [2.05, 4.69) is 0 Å². The molecular weight excluding hydrogens is 306 g/mol. The maximum atomic E-state index is 13.9. The summed E-state index contributed by atoms with van der Waals surface area (Å²) in [5.41, 5.74) is 1.79. The predicted octanol–water partition coefficient (Wildman–Crippen LogP) is 5.30. The van der Waals surface area contributed by atoms with Gasteiger partial charge in [0.1, 0.15) is 17.9 Å². The van der Waals surface area contributed by atoms with Crippen LogP contribution in [0.5, 0.6) is 0 Å². The summed E-state index contributed by atoms with van der Waals surface area (Å²) in [4.78, 5) is 11.0. The molecule has 0 saturated heterocycles. The molecule has 112 valence electrons. The smallest absolute Gasteiger partial charge is 0.146 e. The Hall–Kier alpha value is -2.26. The Bertz CT molecular complexity index is 746. The van der Waals surface area contributed by atoms with Crippen LogP contribution in [0.2, 0.25) is 5.02 Å². The van der Waals surface area contributed by atoms with Gasteiger partial charge in [-0.05, 0) is 47.9 Å². The van der Waals surface area contributed by atoms with Crippen LogP contribution in [0.15, 0.2) is 54.1 Å². The van der Waals surface area contributed by atoms with E-state index in [1.54, 1.807) is 43.3 Å². The zero-order chi connectivity index (χ0) is 16.1. The summed E-state index contributed by atoms with van der Waals surface area (Å²) in [6, 6.07) is 10.3. The zero-order valence-electron chi connectivity index (χ0n) is 11.8. The molecule has 4 heteroatoms. The lowest BCUT2D eigenvalue weighted by molar-refractivity contribution is -0.104. The molecule has 2 aromatic carbocycles. The first-order valence-electron chi connectivity index (χ1n) is 6.56. The molecule has 0 unspecified atom stereocenters. The van der Waals surface area contributed by atoms with Crippen molar-refractivity contribution in [1.82, 2.24) is 0 Å². The Morgan fingerprint density at radius 2 is 1.77 bits per heavy atom. The Morgan fingerprint density at radius 1 is 1.09 bits per heavy atom. The van der Waals surface area contributed by atoms with E-state index in [9.17, 15) is 13.6 Å². The molecule has 0 aliphatic carbocycles. The van der Waals surface area contributed by atoms with E-state index in [0.29, 0.717) is 22.5 Å². The van der Waals surface area contributed by atoms with Crippen LogP contribution in [-0.4, -0.2) is 6.29 Å². The van der Waals surface area contributed by atoms with Crippen LogP contribution in [0.1, 0.15) is 18.1 Å². The molecule has 0 amide bonds. The van der Waals surface area contributed by atoms with Crippen molar-refractivity contribution in [2.75, 3.05) is 0 Å². The summed E-state index contributed by atoms with van der Waals surface area (Å²) in [5, 5.41) is 0.613. The number of carbonyl (C=O) groups excluding carboxylic acids is 1. The third-order valence-electron chi connectivity index (χ3n) is 3.14. The molecule has 0 atom stereocenters. The molecule has 0 aliphatic rings. The van der Waals surface area contributed by atoms with E-state index in [4.69, 9.17) is 11.6 Å². The van der Waals surface area contributed by atoms with E-state index in [1.165, 1.54) is 6.07 Å². The van der Waals surface area contributed by atoms with Gasteiger partial charge in [-0.2, -0.15) is 0 Å². The highest BCUT2D eigenvalue weighted by atomic mass is 35.5. The van der Waals surface area contributed by atoms with Crippen molar-refractivity contribution in [3.8, 4) is 0 Å². The zero-order valence-corrected chi connectivity index (χ0v) is 12.6. The van der Waals surface area contributed by atoms with Crippen molar-refractivity contribution in [2.24, 2.45) is 0 Å². The summed E-state index contributed by atoms with van der Waals surface area (Å²) in [6.45, 7) is 1.58. The number of benzene rings is 2. The maximum Gasteiger partial charge on any atom is 0.146 e. The summed E-state index contributed by atoms with van der Waals surface area (Å²) in [7, 11) is 0. The Labute approximate surface area is 132 Å². The number of halogens is 3. The normalized spacial score (nSPS) is 12.4. The van der Waals surface area contributed by atoms with Gasteiger partial charge < -0.3 is 0 Å². The number of aldehydes is 1. The van der Waals surface area contributed by atoms with E-state index >= 15 is 0 Å². The second-order valence-corrected chi connectivity index (χ2v) is 5.16. The Kier molecular flexibility index (Phi) is 5.23. The minimum Gasteiger partial charge on any atom is -0.298 e. The predicted molar refractivity (Wildman–Crippen MR) is 85.5 cm³/mol. The van der Waals surface area contributed by atoms with Gasteiger partial charge in [-0.15, -0.1) is 0 Å². The first kappa shape index (κ1) is 16.1. The van der Waals surface area contributed by atoms with Gasteiger partial charge in [0, 0.05) is 16.7 Å². The molecule has 0 spiro atoms. The molecular formula is C18H13ClF2O. The summed E-state index contributed by atoms with van der Waals surface area (Å²) >= 11 is 5.81. The molecule has 0 bridgehead atoms. The van der Waals surface area contributed by atoms with Gasteiger partial charge in [0.15, 0.2) is 0 Å². The van der Waals surface area contributed by atoms with Gasteiger partial charge >= 0.3 is 0 Å². The van der Waals surface area contributed by atoms with Crippen molar-refractivity contribution in [1.29, 1.82) is 0 Å². The van der Waals surface area contributed by atoms with E-state index in [1.807, 2.05) is 0 Å². The highest BCUT2D eigenvalue weighted by Crippen LogP contribution is 2.24. The third kappa shape index (κ3) is 3.89. The highest BCUT2D eigenvalue weighted by molar-refractivity contribution is 6.30. The molecule has 2 aromatic rings. The molecule has 22 heavy (non-hydrogen) atoms. The second kappa shape index (κ2) is 7.14. The van der Waals surface area contributed by atoms with Crippen LogP contribution >= 0.6 is 11.6 Å². The van der Waals surface area contributed by atoms with Crippen LogP contribution in [0, 0.1) is 11.6 Å². The SMILES string of the molecule is CC(C=O)=C(C=Cc1ccc(Cl)cc1)c1ccc(F)cc1F. The maximum absolute atomic E-state index is 13.9. The number of allylic oxidation sites excluding steroid dienone is 3. The van der Waals surface area contributed by atoms with Crippen LogP contribution < -0.4 is 0 Å². The van der Waals surface area contributed by atoms with Gasteiger partial charge in [0.2, 0.25) is 0 Å². The number of rotatable bonds is 4. The van der Waals surface area contributed by atoms with Gasteiger partial charge in [-0.3, -0.25) is 4.79 Å². The first-order chi connectivity index (χ1) is 10.5. The summed E-state index contributed by atoms with van der Waals surface area (Å²) in [6.07, 6.45) is 4.01. The van der Waals surface area contributed by atoms with Crippen LogP contribution in [-0.2, 0) is 4.79 Å². The monoisotopic (exact) mass is 318 g/mol. The van der Waals surface area contributed by atoms with Gasteiger partial charge in [0.25, 0.3) is 0 Å². The fourth-order valence-corrected chi connectivity index (χ4v) is 2.08. The minimum atomic E-state index is -0.711. The van der Waals surface area contributed by atoms with E-state index < -0.39 is 11.6 Å². The van der Waals surface area contributed by atoms with Crippen molar-refractivity contribution in [3.05, 3.63) is 81.9 Å². The fourth-order valence-electron chi connectivity index (χ4n) is 1.96. The quantitative estimate of drug-likeness (QED) is 0.424. The van der Waals surface area contributed by atoms with Crippen molar-refractivity contribution >= 4 is 29.5 Å². The molecule has 0 radical (unpaired) electrons. The van der Waals surface area contributed by atoms with Crippen molar-refractivity contribution in [3.63, 3.8) is 0 Å². The molecule has 0 aromatic heterocycles. The van der Waals surface area contributed by atoms with E-state index in [0.717, 1.165) is 17.7 Å². The Balaban J connectivity index is 2.44. The highest BCUT2D eigenvalue weighted by Gasteiger charge is 2.09. The molecule has 0 fully saturated rings. The van der Waals surface area contributed by atoms with Crippen molar-refractivity contribution in [2.45, 2.75) is 6.92 Å². The number of carbonyl (C=O) groups is 1. The number of hydrogen-bond acceptors (Lipinski definition) is 1. The standard InChI is InChI=1S/C18H13ClF2O/c1-12(11-22)16(17-9-7-15(20)10-18(17)21)8-4-13-2-5-14(19)6-3-13/h2-11H,1H3. The molecule has 0 heterocycles. The fraction of sp³-hybridized carbons (Fsp3) is 0.0556. The van der Waals surface area contributed by atoms with E-state index in [-0.39, 0.29) is 5.56 Å². The average Bonchev–Trinajstić information content (AvgIpc) is 2.50. The average molecular weight is 319 g/mol. The largest absolute Gasteiger partial charge is 0.298 e. The minimum absolute atomic E-state index is 0.177. The van der Waals surface area contributed by atoms with Gasteiger partial charge in [0.05, 0.1) is 0 Å². The molecule has 2 rings (SSSR count). The first-order valence-corrected chi connectivity index (χ1v) is 6.94. The lowest BCUT2D eigenvalue weighted by atomic mass is 9.99. The summed E-state index contributed by atoms with van der Waals surface area (Å²) < 4.78 is 27.0. The Morgan fingerprint density at radius 3 is 2.36 bits per heavy atom. The van der Waals surface area contributed by atoms with Gasteiger partial charge in [-0.25, -0.2) is 8.78 Å². The second-order valence-electron chi connectivity index (χ2n) is 4.72. The van der Waals surface area contributed by atoms with Crippen molar-refractivity contribution < 1.29 is 13.6 Å². The number of hydrogen-bond donors (Lipinski definition) is 0. The van der Waals surface area contributed by atoms with Crippen LogP contribution in [0.25, 0.3) is 11.6 Å². The molecule has 0 saturated carbocycles. The topological polar surface area (TPSA) is 17.1 Å². The lowest BCUT2D eigenvalue weighted by Crippen LogP contribution is -1.93. The molecule has 1 nitrogen and oxygen atoms in total. The molecule has 0 aliphatic heterocycles. The third-order valence-corrected chi connectivity index (χ3v) is 3.39. The molecule has 0 N–H and O–H groups in total.